The quantitative estimate of drug-likeness (QED) is 0.151. The van der Waals surface area contributed by atoms with Crippen molar-refractivity contribution >= 4 is 36.3 Å². The maximum absolute atomic E-state index is 12.0. The maximum atomic E-state index is 12.0. The molecule has 7 atom stereocenters. The molecule has 2 heterocycles. The van der Waals surface area contributed by atoms with E-state index in [1.54, 1.807) is 6.92 Å². The highest BCUT2D eigenvalue weighted by atomic mass is 31.3. The summed E-state index contributed by atoms with van der Waals surface area (Å²) in [6, 6.07) is -0.807. The molecule has 4 N–H and O–H groups in total. The van der Waals surface area contributed by atoms with Gasteiger partial charge in [-0.2, -0.15) is 0 Å². The second kappa shape index (κ2) is 9.69. The third-order valence-electron chi connectivity index (χ3n) is 3.98. The van der Waals surface area contributed by atoms with E-state index in [4.69, 9.17) is 20.1 Å². The molecule has 30 heavy (non-hydrogen) atoms. The fourth-order valence-electron chi connectivity index (χ4n) is 2.62. The van der Waals surface area contributed by atoms with Crippen LogP contribution >= 0.6 is 24.3 Å². The predicted octanol–water partition coefficient (Wildman–Crippen LogP) is 0.745. The second-order valence-corrected chi connectivity index (χ2v) is 9.50. The molecule has 3 amide bonds. The maximum Gasteiger partial charge on any atom is 0.708 e. The lowest BCUT2D eigenvalue weighted by Gasteiger charge is -2.35. The zero-order valence-corrected chi connectivity index (χ0v) is 17.7. The summed E-state index contributed by atoms with van der Waals surface area (Å²) >= 11 is 0. The van der Waals surface area contributed by atoms with Crippen LogP contribution in [0.15, 0.2) is 5.11 Å². The minimum Gasteiger partial charge on any atom is -0.390 e. The van der Waals surface area contributed by atoms with E-state index in [-0.39, 0.29) is 13.0 Å². The summed E-state index contributed by atoms with van der Waals surface area (Å²) in [5.41, 5.74) is 6.58. The number of urea groups is 1. The molecule has 0 aromatic heterocycles. The highest BCUT2D eigenvalue weighted by Gasteiger charge is 2.54. The number of imide groups is 1. The van der Waals surface area contributed by atoms with Crippen LogP contribution in [0.5, 0.6) is 0 Å². The van der Waals surface area contributed by atoms with Crippen LogP contribution < -0.4 is 5.32 Å². The summed E-state index contributed by atoms with van der Waals surface area (Å²) in [5, 5.41) is 15.7. The molecule has 0 spiro atoms. The Hall–Kier alpha value is -1.60. The van der Waals surface area contributed by atoms with Gasteiger partial charge in [-0.25, -0.2) is 9.36 Å². The normalized spacial score (nSPS) is 32.1. The first kappa shape index (κ1) is 24.7. The van der Waals surface area contributed by atoms with Crippen LogP contribution in [0.1, 0.15) is 13.3 Å². The minimum atomic E-state index is -5.22. The summed E-state index contributed by atoms with van der Waals surface area (Å²) in [6.07, 6.45) is -3.01. The van der Waals surface area contributed by atoms with E-state index in [1.807, 2.05) is 0 Å². The number of carbonyl (C=O) groups is 2. The Bertz CT molecular complexity index is 850. The number of amides is 3. The molecule has 2 fully saturated rings. The summed E-state index contributed by atoms with van der Waals surface area (Å²) in [7, 11) is -12.2. The molecular weight excluding hydrogens is 475 g/mol. The molecule has 2 rings (SSSR count). The molecule has 0 bridgehead atoms. The van der Waals surface area contributed by atoms with Crippen molar-refractivity contribution in [2.45, 2.75) is 31.4 Å². The highest BCUT2D eigenvalue weighted by Crippen LogP contribution is 2.57. The molecule has 4 unspecified atom stereocenters. The van der Waals surface area contributed by atoms with Crippen LogP contribution in [-0.4, -0.2) is 62.9 Å². The minimum absolute atomic E-state index is 0.0585. The number of aliphatic hydroxyl groups excluding tert-OH is 1. The van der Waals surface area contributed by atoms with Gasteiger partial charge in [0.2, 0.25) is 11.6 Å². The van der Waals surface area contributed by atoms with E-state index in [2.05, 4.69) is 28.5 Å². The lowest BCUT2D eigenvalue weighted by Crippen LogP contribution is -2.57. The van der Waals surface area contributed by atoms with Crippen molar-refractivity contribution in [2.24, 2.45) is 11.0 Å². The van der Waals surface area contributed by atoms with E-state index in [0.717, 1.165) is 4.90 Å². The molecule has 0 aromatic carbocycles. The molecule has 0 aliphatic carbocycles. The number of ether oxygens (including phenoxy) is 1. The molecule has 166 valence electrons. The summed E-state index contributed by atoms with van der Waals surface area (Å²) in [6.45, 7) is 0.525. The Morgan fingerprint density at radius 1 is 1.47 bits per heavy atom. The predicted molar refractivity (Wildman–Crippen MR) is 92.2 cm³/mol. The van der Waals surface area contributed by atoms with Crippen LogP contribution in [-0.2, 0) is 36.4 Å². The highest BCUT2D eigenvalue weighted by molar-refractivity contribution is 7.61. The van der Waals surface area contributed by atoms with Crippen molar-refractivity contribution in [2.75, 3.05) is 13.2 Å². The molecular formula is C10H16N5O12P3+2. The Morgan fingerprint density at radius 2 is 2.13 bits per heavy atom. The van der Waals surface area contributed by atoms with E-state index >= 15 is 0 Å². The number of nitrogens with zero attached hydrogens (tertiary/aromatic N) is 4. The van der Waals surface area contributed by atoms with E-state index in [1.165, 1.54) is 0 Å². The first-order valence-corrected chi connectivity index (χ1v) is 11.6. The first-order chi connectivity index (χ1) is 13.9. The van der Waals surface area contributed by atoms with Crippen molar-refractivity contribution in [3.8, 4) is 0 Å². The third kappa shape index (κ3) is 5.97. The van der Waals surface area contributed by atoms with Crippen LogP contribution in [0.2, 0.25) is 0 Å². The molecule has 17 nitrogen and oxygen atoms in total. The number of azide groups is 1. The van der Waals surface area contributed by atoms with Gasteiger partial charge in [0, 0.05) is 35.6 Å². The van der Waals surface area contributed by atoms with Gasteiger partial charge in [0.05, 0.1) is 12.0 Å². The van der Waals surface area contributed by atoms with Crippen LogP contribution in [0.4, 0.5) is 4.79 Å². The number of hydrogen-bond donors (Lipinski definition) is 4. The summed E-state index contributed by atoms with van der Waals surface area (Å²) in [5.74, 6) is -1.09. The Morgan fingerprint density at radius 3 is 2.73 bits per heavy atom. The van der Waals surface area contributed by atoms with Crippen molar-refractivity contribution in [1.82, 2.24) is 10.2 Å². The van der Waals surface area contributed by atoms with Gasteiger partial charge < -0.3 is 9.84 Å². The molecule has 20 heteroatoms. The molecule has 0 aromatic rings. The number of rotatable bonds is 9. The number of hydrogen-bond acceptors (Lipinski definition) is 11. The lowest BCUT2D eigenvalue weighted by atomic mass is 10.1. The number of carbonyl (C=O) groups excluding carboxylic acids is 2. The fourth-order valence-corrected chi connectivity index (χ4v) is 4.87. The van der Waals surface area contributed by atoms with Gasteiger partial charge >= 0.3 is 30.4 Å². The molecule has 0 saturated carbocycles. The van der Waals surface area contributed by atoms with Crippen LogP contribution in [0.25, 0.3) is 10.4 Å². The van der Waals surface area contributed by atoms with Crippen molar-refractivity contribution in [1.29, 1.82) is 0 Å². The second-order valence-electron chi connectivity index (χ2n) is 6.07. The molecule has 2 aliphatic rings. The summed E-state index contributed by atoms with van der Waals surface area (Å²) < 4.78 is 51.2. The van der Waals surface area contributed by atoms with Crippen molar-refractivity contribution < 1.29 is 56.1 Å². The largest absolute Gasteiger partial charge is 0.708 e. The summed E-state index contributed by atoms with van der Waals surface area (Å²) in [4.78, 5) is 44.7. The van der Waals surface area contributed by atoms with Gasteiger partial charge in [-0.15, -0.1) is 9.42 Å². The van der Waals surface area contributed by atoms with E-state index < -0.39 is 66.9 Å². The zero-order chi connectivity index (χ0) is 22.7. The lowest BCUT2D eigenvalue weighted by molar-refractivity contribution is -0.140. The molecule has 2 aliphatic heterocycles. The average molecular weight is 491 g/mol. The fraction of sp³-hybridized carbons (Fsp3) is 0.800. The number of nitrogens with one attached hydrogen (secondary N) is 1. The smallest absolute Gasteiger partial charge is 0.390 e. The zero-order valence-electron chi connectivity index (χ0n) is 15.0. The Labute approximate surface area is 169 Å². The first-order valence-electron chi connectivity index (χ1n) is 7.91. The molecule has 0 radical (unpaired) electrons. The van der Waals surface area contributed by atoms with Gasteiger partial charge in [-0.05, 0) is 5.53 Å². The van der Waals surface area contributed by atoms with E-state index in [9.17, 15) is 28.4 Å². The Balaban J connectivity index is 2.08. The van der Waals surface area contributed by atoms with Gasteiger partial charge in [-0.3, -0.25) is 19.9 Å². The SMILES string of the molecule is CC1CN([C@H]2C[C@H](O)[C@](CO[P+](=O)OP(=O)(O)O[P+](=O)O)(N=[N+]=[N-])O2)C(=O)NC1=O. The molecule has 2 saturated heterocycles. The third-order valence-corrected chi connectivity index (χ3v) is 7.06. The topological polar surface area (TPSA) is 247 Å². The van der Waals surface area contributed by atoms with E-state index in [0.29, 0.717) is 0 Å². The number of aliphatic hydroxyl groups is 1. The number of phosphoric acid groups is 1. The van der Waals surface area contributed by atoms with Crippen molar-refractivity contribution in [3.63, 3.8) is 0 Å². The Kier molecular flexibility index (Phi) is 7.97. The average Bonchev–Trinajstić information content (AvgIpc) is 2.91. The van der Waals surface area contributed by atoms with Gasteiger partial charge in [0.25, 0.3) is 0 Å². The van der Waals surface area contributed by atoms with Gasteiger partial charge in [0.1, 0.15) is 12.8 Å². The van der Waals surface area contributed by atoms with Crippen LogP contribution in [0.3, 0.4) is 0 Å². The van der Waals surface area contributed by atoms with Crippen LogP contribution in [0, 0.1) is 5.92 Å². The van der Waals surface area contributed by atoms with Gasteiger partial charge in [-0.1, -0.05) is 12.0 Å². The monoisotopic (exact) mass is 491 g/mol. The standard InChI is InChI=1S/C10H14N5O12P3/c1-5-3-15(9(18)12-8(5)17)7-2-6(16)10(25-7,13-14-11)4-24-29(21)27-30(22,23)26-28(19)20/h5-7,16H,2-4H2,1H3,(H-2,12,17,18,19,20,22,23)/p+2/t5?,6-,7+,10+/m0/s1. The van der Waals surface area contributed by atoms with Crippen molar-refractivity contribution in [3.05, 3.63) is 10.4 Å². The van der Waals surface area contributed by atoms with Gasteiger partial charge in [0.15, 0.2) is 0 Å².